The van der Waals surface area contributed by atoms with Crippen molar-refractivity contribution < 1.29 is 251 Å². The second-order valence-electron chi connectivity index (χ2n) is 25.1. The van der Waals surface area contributed by atoms with Crippen LogP contribution in [0.4, 0.5) is 78.1 Å². The number of nitrogens with zero attached hydrogens (tertiary/aromatic N) is 10. The first kappa shape index (κ1) is 122. The minimum atomic E-state index is -4.22. The van der Waals surface area contributed by atoms with Crippen LogP contribution in [0.25, 0.3) is 0 Å². The predicted molar refractivity (Wildman–Crippen MR) is 453 cm³/mol. The van der Waals surface area contributed by atoms with Crippen molar-refractivity contribution in [2.45, 2.75) is 145 Å². The fourth-order valence-corrected chi connectivity index (χ4v) is 15.4. The van der Waals surface area contributed by atoms with Crippen molar-refractivity contribution in [3.8, 4) is 28.7 Å². The van der Waals surface area contributed by atoms with Crippen molar-refractivity contribution in [3.63, 3.8) is 0 Å². The Morgan fingerprint density at radius 3 is 1.00 bits per heavy atom. The molecule has 128 heavy (non-hydrogen) atoms. The Kier molecular flexibility index (Phi) is 54.5. The van der Waals surface area contributed by atoms with Crippen molar-refractivity contribution >= 4 is 183 Å². The number of ether oxygens (including phenoxy) is 4. The van der Waals surface area contributed by atoms with Gasteiger partial charge in [0.15, 0.2) is 106 Å². The molecule has 10 aromatic rings. The summed E-state index contributed by atoms with van der Waals surface area (Å²) in [6.45, 7) is 11.2. The number of aryl methyl sites for hydroxylation is 1. The summed E-state index contributed by atoms with van der Waals surface area (Å²) in [5.41, 5.74) is 7.00. The molecular formula is C73H80Cl6F6K2N15NaO20S5. The number of carboxylic acid groups (broad SMARTS) is 1. The van der Waals surface area contributed by atoms with Gasteiger partial charge in [-0.3, -0.25) is 4.79 Å². The number of benzene rings is 5. The molecule has 0 aliphatic carbocycles. The molecule has 5 aromatic carbocycles. The molecule has 0 atom stereocenters. The van der Waals surface area contributed by atoms with Crippen molar-refractivity contribution in [1.82, 2.24) is 49.8 Å². The van der Waals surface area contributed by atoms with Crippen LogP contribution in [0.15, 0.2) is 177 Å². The Hall–Kier alpha value is -6.26. The van der Waals surface area contributed by atoms with Gasteiger partial charge >= 0.3 is 151 Å². The van der Waals surface area contributed by atoms with Crippen LogP contribution in [-0.2, 0) is 63.7 Å². The first-order valence-corrected chi connectivity index (χ1v) is 44.9. The average molecular weight is 2080 g/mol. The maximum Gasteiger partial charge on any atom is 1.00 e. The largest absolute Gasteiger partial charge is 1.00 e. The first-order valence-electron chi connectivity index (χ1n) is 34.9. The van der Waals surface area contributed by atoms with Crippen LogP contribution in [0, 0.1) is 6.92 Å². The molecular weight excluding hydrogens is 2000 g/mol. The van der Waals surface area contributed by atoms with Crippen LogP contribution in [0.1, 0.15) is 76.5 Å². The number of nitrogens with two attached hydrogens (primary N) is 1. The van der Waals surface area contributed by atoms with Gasteiger partial charge in [0.05, 0.1) is 124 Å². The maximum atomic E-state index is 12.5. The zero-order valence-electron chi connectivity index (χ0n) is 71.4. The number of halogens is 12. The molecule has 684 valence electrons. The first-order chi connectivity index (χ1) is 58.2. The SMILES string of the molecule is CC(C)S(=O)(=O)c1ccccc1N.CC(C)S(=O)(=O)c1ccccc1Nc1nc(Cl)ncc1O.CC(C)S(=O)(=O)c1ccccc1Nc1nc(Cl)ncc1OC(F)F.COc1cnc(Cl)nc1Cl.COc1cnc(Cl)nc1Nc1ccccc1S(=O)(=O)C(C)C.Cc1ncc(OC(F)F)c(Nc2ccccc2S(=O)(=O)C(C)C)n1.O=C([O-])C(F)(F)Cl.O=CO[O-].[H-].[K+].[K+].[Na+]. The summed E-state index contributed by atoms with van der Waals surface area (Å²) in [5.74, 6) is -2.18. The van der Waals surface area contributed by atoms with Crippen molar-refractivity contribution in [1.29, 1.82) is 0 Å². The third-order valence-corrected chi connectivity index (χ3v) is 27.2. The van der Waals surface area contributed by atoms with E-state index in [-0.39, 0.29) is 237 Å². The van der Waals surface area contributed by atoms with E-state index in [1.807, 2.05) is 0 Å². The number of aliphatic carboxylic acids is 1. The minimum absolute atomic E-state index is 0. The van der Waals surface area contributed by atoms with Gasteiger partial charge in [-0.2, -0.15) is 41.3 Å². The van der Waals surface area contributed by atoms with Gasteiger partial charge in [-0.15, -0.1) is 0 Å². The molecule has 0 radical (unpaired) electrons. The van der Waals surface area contributed by atoms with Crippen molar-refractivity contribution in [2.24, 2.45) is 0 Å². The Bertz CT molecular complexity index is 5760. The van der Waals surface area contributed by atoms with Gasteiger partial charge in [0.2, 0.25) is 21.1 Å². The summed E-state index contributed by atoms with van der Waals surface area (Å²) < 4.78 is 213. The molecule has 10 rings (SSSR count). The van der Waals surface area contributed by atoms with Crippen LogP contribution >= 0.6 is 69.6 Å². The van der Waals surface area contributed by atoms with E-state index < -0.39 is 100 Å². The molecule has 5 heterocycles. The van der Waals surface area contributed by atoms with E-state index in [1.54, 1.807) is 161 Å². The molecule has 0 amide bonds. The van der Waals surface area contributed by atoms with Gasteiger partial charge in [-0.25, -0.2) is 77.0 Å². The number of rotatable bonds is 26. The molecule has 7 N–H and O–H groups in total. The normalized spacial score (nSPS) is 11.0. The number of aromatic nitrogens is 10. The summed E-state index contributed by atoms with van der Waals surface area (Å²) in [4.78, 5) is 58.7. The topological polar surface area (TPSA) is 520 Å². The number of carbonyl (C=O) groups excluding carboxylic acids is 2. The number of hydrogen-bond acceptors (Lipinski definition) is 35. The summed E-state index contributed by atoms with van der Waals surface area (Å²) in [6, 6.07) is 31.8. The molecule has 0 aliphatic heterocycles. The summed E-state index contributed by atoms with van der Waals surface area (Å²) >= 11 is 32.0. The maximum absolute atomic E-state index is 12.5. The number of anilines is 9. The van der Waals surface area contributed by atoms with Crippen molar-refractivity contribution in [2.75, 3.05) is 41.2 Å². The Morgan fingerprint density at radius 2 is 0.703 bits per heavy atom. The van der Waals surface area contributed by atoms with Gasteiger partial charge in [-0.05, 0) is 195 Å². The second-order valence-corrected chi connectivity index (χ2v) is 39.7. The summed E-state index contributed by atoms with van der Waals surface area (Å²) in [6.07, 6.45) is 6.05. The van der Waals surface area contributed by atoms with E-state index in [0.29, 0.717) is 40.2 Å². The standard InChI is InChI=1S/C15H17F2N3O3S.C14H14ClF2N3O3S.C14H16ClN3O3S.C13H14ClN3O3S.C9H13NO2S.C5H4Cl2N2O.C2HClF2O2.CH2O3.2K.Na.H/c1-9(2)24(21,22)13-7-5-4-6-11(13)20-14-12(23-15(16)17)8-18-10(3)19-14;1-8(2)24(21,22)11-6-4-3-5-9(11)19-12-10(23-14(16)17)7-18-13(15)20-12;1-9(2)22(19,20)12-7-5-4-6-10(12)17-13-11(21-3)8-16-14(15)18-13;1-8(2)21(19,20)11-6-4-3-5-9(11)16-12-10(18)7-15-13(14)17-12;1-7(2)13(11,12)9-6-4-3-5-8(9)10;1-10-3-2-8-5(7)9-4(3)6;3-2(4,5)1(6)7;2-1-4-3;;;;/h4-9,15H,1-3H3,(H,18,19,20);3-8,14H,1-2H3,(H,18,19,20);4-9H,1-3H3,(H,16,17,18);3-8,18H,1-2H3,(H,15,16,17);3-7H,10H2,1-2H3;2H,1H3;(H,6,7);1,3H;;;;/q;;;;;;;;3*+1;-1/p-2. The molecule has 0 fully saturated rings. The van der Waals surface area contributed by atoms with Crippen molar-refractivity contribution in [3.05, 3.63) is 184 Å². The average Bonchev–Trinajstić information content (AvgIpc) is 0.737. The van der Waals surface area contributed by atoms with Crippen LogP contribution < -0.4 is 189 Å². The molecule has 0 bridgehead atoms. The number of sulfone groups is 5. The molecule has 0 saturated carbocycles. The number of nitrogen functional groups attached to an aromatic ring is 1. The third kappa shape index (κ3) is 38.7. The fourth-order valence-electron chi connectivity index (χ4n) is 8.64. The quantitative estimate of drug-likeness (QED) is 0.00469. The predicted octanol–water partition coefficient (Wildman–Crippen LogP) is 5.16. The van der Waals surface area contributed by atoms with Crippen LogP contribution in [-0.4, -0.2) is 169 Å². The Labute approximate surface area is 872 Å². The number of alkyl halides is 7. The number of carbonyl (C=O) groups is 2. The van der Waals surface area contributed by atoms with Crippen LogP contribution in [0.2, 0.25) is 26.3 Å². The monoisotopic (exact) mass is 2070 g/mol. The van der Waals surface area contributed by atoms with E-state index >= 15 is 0 Å². The number of para-hydroxylation sites is 5. The van der Waals surface area contributed by atoms with E-state index in [0.717, 1.165) is 18.6 Å². The van der Waals surface area contributed by atoms with Gasteiger partial charge in [-0.1, -0.05) is 72.3 Å². The number of carboxylic acids is 1. The second kappa shape index (κ2) is 57.4. The number of hydrogen-bond donors (Lipinski definition) is 6. The van der Waals surface area contributed by atoms with E-state index in [9.17, 15) is 73.5 Å². The van der Waals surface area contributed by atoms with Gasteiger partial charge in [0.25, 0.3) is 6.47 Å². The Balaban J connectivity index is 0. The minimum Gasteiger partial charge on any atom is -1.00 e. The summed E-state index contributed by atoms with van der Waals surface area (Å²) in [5, 5.41) is 31.4. The Morgan fingerprint density at radius 1 is 0.453 bits per heavy atom. The summed E-state index contributed by atoms with van der Waals surface area (Å²) in [7, 11) is -14.4. The van der Waals surface area contributed by atoms with E-state index in [4.69, 9.17) is 93.2 Å². The van der Waals surface area contributed by atoms with Gasteiger partial charge < -0.3 is 72.5 Å². The number of aromatic hydroxyl groups is 1. The fraction of sp³-hybridized carbons (Fsp3) is 0.288. The number of methoxy groups -OCH3 is 2. The molecule has 35 nitrogen and oxygen atoms in total. The third-order valence-electron chi connectivity index (χ3n) is 15.0. The number of nitrogens with one attached hydrogen (secondary N) is 4. The smallest absolute Gasteiger partial charge is 1.00 e. The molecule has 55 heteroatoms. The van der Waals surface area contributed by atoms with Gasteiger partial charge in [0.1, 0.15) is 11.8 Å². The zero-order valence-corrected chi connectivity index (χ0v) is 87.2. The molecule has 0 saturated heterocycles. The molecule has 0 spiro atoms. The zero-order chi connectivity index (χ0) is 94.9. The van der Waals surface area contributed by atoms with Crippen LogP contribution in [0.3, 0.4) is 0 Å². The molecule has 0 aliphatic rings. The van der Waals surface area contributed by atoms with Gasteiger partial charge in [0, 0.05) is 0 Å². The molecule has 0 unspecified atom stereocenters. The van der Waals surface area contributed by atoms with E-state index in [2.05, 4.69) is 97.1 Å². The van der Waals surface area contributed by atoms with E-state index in [1.165, 1.54) is 63.0 Å². The van der Waals surface area contributed by atoms with Crippen LogP contribution in [0.5, 0.6) is 28.7 Å². The molecule has 5 aromatic heterocycles.